The van der Waals surface area contributed by atoms with Gasteiger partial charge >= 0.3 is 0 Å². The number of benzene rings is 2. The predicted octanol–water partition coefficient (Wildman–Crippen LogP) is 4.00. The topological polar surface area (TPSA) is 68.0 Å². The number of rotatable bonds is 3. The first kappa shape index (κ1) is 16.5. The van der Waals surface area contributed by atoms with Crippen molar-refractivity contribution in [1.29, 1.82) is 0 Å². The largest absolute Gasteiger partial charge is 0.397 e. The van der Waals surface area contributed by atoms with E-state index in [0.29, 0.717) is 16.9 Å². The standard InChI is InChI=1S/C18H15N3O.ClH/c19-16-5-1-2-6-17(16)21-18(22)14-9-7-13(8-10-14)15-4-3-11-20-12-15;/h1-12H,19H2,(H,21,22);1H. The number of para-hydroxylation sites is 2. The average molecular weight is 326 g/mol. The highest BCUT2D eigenvalue weighted by Gasteiger charge is 2.08. The molecule has 116 valence electrons. The highest BCUT2D eigenvalue weighted by molar-refractivity contribution is 6.05. The quantitative estimate of drug-likeness (QED) is 0.715. The number of amides is 1. The van der Waals surface area contributed by atoms with Gasteiger partial charge in [-0.3, -0.25) is 9.78 Å². The molecule has 0 saturated heterocycles. The lowest BCUT2D eigenvalue weighted by Crippen LogP contribution is -2.12. The molecule has 0 atom stereocenters. The molecule has 2 aromatic carbocycles. The number of hydrogen-bond donors (Lipinski definition) is 2. The fourth-order valence-corrected chi connectivity index (χ4v) is 2.15. The number of nitrogen functional groups attached to an aromatic ring is 1. The normalized spacial score (nSPS) is 9.74. The summed E-state index contributed by atoms with van der Waals surface area (Å²) in [5.74, 6) is -0.185. The monoisotopic (exact) mass is 325 g/mol. The fourth-order valence-electron chi connectivity index (χ4n) is 2.15. The third-order valence-corrected chi connectivity index (χ3v) is 3.35. The van der Waals surface area contributed by atoms with Crippen LogP contribution in [0.3, 0.4) is 0 Å². The third kappa shape index (κ3) is 3.87. The summed E-state index contributed by atoms with van der Waals surface area (Å²) in [5, 5.41) is 2.81. The predicted molar refractivity (Wildman–Crippen MR) is 95.7 cm³/mol. The molecule has 0 unspecified atom stereocenters. The number of carbonyl (C=O) groups excluding carboxylic acids is 1. The summed E-state index contributed by atoms with van der Waals surface area (Å²) in [7, 11) is 0. The number of pyridine rings is 1. The second-order valence-electron chi connectivity index (χ2n) is 4.86. The molecule has 0 radical (unpaired) electrons. The molecule has 1 aromatic heterocycles. The van der Waals surface area contributed by atoms with Gasteiger partial charge in [-0.2, -0.15) is 0 Å². The molecule has 0 aliphatic carbocycles. The van der Waals surface area contributed by atoms with E-state index in [1.165, 1.54) is 0 Å². The van der Waals surface area contributed by atoms with Gasteiger partial charge in [0.15, 0.2) is 0 Å². The molecule has 1 heterocycles. The van der Waals surface area contributed by atoms with Crippen LogP contribution in [0.4, 0.5) is 11.4 Å². The van der Waals surface area contributed by atoms with Crippen molar-refractivity contribution < 1.29 is 4.79 Å². The van der Waals surface area contributed by atoms with Crippen LogP contribution in [0.25, 0.3) is 11.1 Å². The van der Waals surface area contributed by atoms with Gasteiger partial charge in [-0.25, -0.2) is 0 Å². The van der Waals surface area contributed by atoms with Crippen LogP contribution in [-0.4, -0.2) is 10.9 Å². The van der Waals surface area contributed by atoms with Gasteiger partial charge in [-0.05, 0) is 41.5 Å². The van der Waals surface area contributed by atoms with Crippen molar-refractivity contribution in [3.63, 3.8) is 0 Å². The summed E-state index contributed by atoms with van der Waals surface area (Å²) >= 11 is 0. The number of aromatic nitrogens is 1. The van der Waals surface area contributed by atoms with Crippen molar-refractivity contribution in [2.75, 3.05) is 11.1 Å². The number of anilines is 2. The van der Waals surface area contributed by atoms with E-state index >= 15 is 0 Å². The lowest BCUT2D eigenvalue weighted by atomic mass is 10.1. The Bertz CT molecular complexity index is 789. The van der Waals surface area contributed by atoms with Gasteiger partial charge in [0, 0.05) is 18.0 Å². The Labute approximate surface area is 140 Å². The molecular weight excluding hydrogens is 310 g/mol. The Morgan fingerprint density at radius 1 is 0.913 bits per heavy atom. The first-order valence-corrected chi connectivity index (χ1v) is 6.90. The zero-order chi connectivity index (χ0) is 15.4. The lowest BCUT2D eigenvalue weighted by Gasteiger charge is -2.08. The molecule has 0 saturated carbocycles. The van der Waals surface area contributed by atoms with Crippen LogP contribution in [0.1, 0.15) is 10.4 Å². The summed E-state index contributed by atoms with van der Waals surface area (Å²) in [6.45, 7) is 0. The van der Waals surface area contributed by atoms with Crippen LogP contribution >= 0.6 is 12.4 Å². The zero-order valence-electron chi connectivity index (χ0n) is 12.3. The molecule has 0 spiro atoms. The number of hydrogen-bond acceptors (Lipinski definition) is 3. The van der Waals surface area contributed by atoms with E-state index in [1.54, 1.807) is 36.7 Å². The second kappa shape index (κ2) is 7.42. The van der Waals surface area contributed by atoms with Crippen molar-refractivity contribution in [3.8, 4) is 11.1 Å². The zero-order valence-corrected chi connectivity index (χ0v) is 13.1. The molecule has 0 bridgehead atoms. The number of halogens is 1. The van der Waals surface area contributed by atoms with Crippen LogP contribution < -0.4 is 11.1 Å². The maximum absolute atomic E-state index is 12.2. The van der Waals surface area contributed by atoms with Gasteiger partial charge in [-0.1, -0.05) is 30.3 Å². The van der Waals surface area contributed by atoms with Crippen LogP contribution in [-0.2, 0) is 0 Å². The van der Waals surface area contributed by atoms with Gasteiger partial charge < -0.3 is 11.1 Å². The Morgan fingerprint density at radius 3 is 2.30 bits per heavy atom. The summed E-state index contributed by atoms with van der Waals surface area (Å²) in [6, 6.07) is 18.4. The van der Waals surface area contributed by atoms with E-state index in [1.807, 2.05) is 36.4 Å². The second-order valence-corrected chi connectivity index (χ2v) is 4.86. The summed E-state index contributed by atoms with van der Waals surface area (Å²) < 4.78 is 0. The molecule has 0 aliphatic rings. The van der Waals surface area contributed by atoms with Crippen molar-refractivity contribution in [1.82, 2.24) is 4.98 Å². The molecule has 3 aromatic rings. The van der Waals surface area contributed by atoms with Gasteiger partial charge in [0.2, 0.25) is 0 Å². The van der Waals surface area contributed by atoms with E-state index < -0.39 is 0 Å². The van der Waals surface area contributed by atoms with E-state index in [4.69, 9.17) is 5.73 Å². The van der Waals surface area contributed by atoms with Crippen molar-refractivity contribution in [3.05, 3.63) is 78.6 Å². The van der Waals surface area contributed by atoms with Crippen molar-refractivity contribution in [2.45, 2.75) is 0 Å². The van der Waals surface area contributed by atoms with Gasteiger partial charge in [-0.15, -0.1) is 12.4 Å². The van der Waals surface area contributed by atoms with E-state index in [0.717, 1.165) is 11.1 Å². The van der Waals surface area contributed by atoms with E-state index in [-0.39, 0.29) is 18.3 Å². The summed E-state index contributed by atoms with van der Waals surface area (Å²) in [6.07, 6.45) is 3.52. The lowest BCUT2D eigenvalue weighted by molar-refractivity contribution is 0.102. The summed E-state index contributed by atoms with van der Waals surface area (Å²) in [4.78, 5) is 16.3. The SMILES string of the molecule is Cl.Nc1ccccc1NC(=O)c1ccc(-c2cccnc2)cc1. The Kier molecular flexibility index (Phi) is 5.33. The minimum Gasteiger partial charge on any atom is -0.397 e. The number of nitrogens with zero attached hydrogens (tertiary/aromatic N) is 1. The van der Waals surface area contributed by atoms with Crippen molar-refractivity contribution in [2.24, 2.45) is 0 Å². The maximum Gasteiger partial charge on any atom is 0.255 e. The molecule has 0 fully saturated rings. The van der Waals surface area contributed by atoms with Gasteiger partial charge in [0.1, 0.15) is 0 Å². The Morgan fingerprint density at radius 2 is 1.65 bits per heavy atom. The molecule has 23 heavy (non-hydrogen) atoms. The van der Waals surface area contributed by atoms with Crippen LogP contribution in [0.5, 0.6) is 0 Å². The first-order valence-electron chi connectivity index (χ1n) is 6.90. The molecule has 3 rings (SSSR count). The van der Waals surface area contributed by atoms with Crippen LogP contribution in [0.2, 0.25) is 0 Å². The average Bonchev–Trinajstić information content (AvgIpc) is 2.58. The molecule has 4 nitrogen and oxygen atoms in total. The first-order chi connectivity index (χ1) is 10.7. The number of nitrogens with two attached hydrogens (primary N) is 1. The van der Waals surface area contributed by atoms with Crippen LogP contribution in [0, 0.1) is 0 Å². The number of carbonyl (C=O) groups is 1. The minimum absolute atomic E-state index is 0. The molecule has 3 N–H and O–H groups in total. The summed E-state index contributed by atoms with van der Waals surface area (Å²) in [5.41, 5.74) is 9.60. The fraction of sp³-hybridized carbons (Fsp3) is 0. The third-order valence-electron chi connectivity index (χ3n) is 3.35. The molecule has 5 heteroatoms. The Hall–Kier alpha value is -2.85. The highest BCUT2D eigenvalue weighted by Crippen LogP contribution is 2.20. The molecular formula is C18H16ClN3O. The smallest absolute Gasteiger partial charge is 0.255 e. The minimum atomic E-state index is -0.185. The van der Waals surface area contributed by atoms with Crippen LogP contribution in [0.15, 0.2) is 73.1 Å². The van der Waals surface area contributed by atoms with Gasteiger partial charge in [0.25, 0.3) is 5.91 Å². The Balaban J connectivity index is 0.00000192. The maximum atomic E-state index is 12.2. The molecule has 0 aliphatic heterocycles. The number of nitrogens with one attached hydrogen (secondary N) is 1. The molecule has 1 amide bonds. The van der Waals surface area contributed by atoms with Gasteiger partial charge in [0.05, 0.1) is 11.4 Å². The van der Waals surface area contributed by atoms with E-state index in [9.17, 15) is 4.79 Å². The highest BCUT2D eigenvalue weighted by atomic mass is 35.5. The van der Waals surface area contributed by atoms with E-state index in [2.05, 4.69) is 10.3 Å². The van der Waals surface area contributed by atoms with Crippen molar-refractivity contribution >= 4 is 29.7 Å².